The lowest BCUT2D eigenvalue weighted by atomic mass is 10.1. The first-order chi connectivity index (χ1) is 11.9. The molecule has 3 N–H and O–H groups in total. The molecule has 0 bridgehead atoms. The maximum Gasteiger partial charge on any atom is 0.339 e. The van der Waals surface area contributed by atoms with E-state index in [0.29, 0.717) is 27.9 Å². The molecule has 0 radical (unpaired) electrons. The number of benzene rings is 2. The molecule has 0 aliphatic carbocycles. The largest absolute Gasteiger partial charge is 0.507 e. The Balaban J connectivity index is 1.81. The van der Waals surface area contributed by atoms with Crippen LogP contribution in [0.25, 0.3) is 0 Å². The summed E-state index contributed by atoms with van der Waals surface area (Å²) >= 11 is 11.8. The highest BCUT2D eigenvalue weighted by atomic mass is 35.5. The van der Waals surface area contributed by atoms with Crippen molar-refractivity contribution in [3.05, 3.63) is 52.0 Å². The third-order valence-corrected chi connectivity index (χ3v) is 3.74. The second-order valence-electron chi connectivity index (χ2n) is 5.11. The van der Waals surface area contributed by atoms with Gasteiger partial charge in [0, 0.05) is 17.1 Å². The van der Waals surface area contributed by atoms with Gasteiger partial charge in [0.05, 0.1) is 11.6 Å². The molecule has 25 heavy (non-hydrogen) atoms. The Morgan fingerprint density at radius 1 is 1.12 bits per heavy atom. The van der Waals surface area contributed by atoms with Crippen molar-refractivity contribution in [3.63, 3.8) is 0 Å². The van der Waals surface area contributed by atoms with Crippen molar-refractivity contribution >= 4 is 40.8 Å². The first kappa shape index (κ1) is 18.9. The van der Waals surface area contributed by atoms with E-state index in [1.54, 1.807) is 18.2 Å². The van der Waals surface area contributed by atoms with Gasteiger partial charge in [-0.3, -0.25) is 4.79 Å². The van der Waals surface area contributed by atoms with E-state index in [1.165, 1.54) is 18.2 Å². The molecule has 0 saturated heterocycles. The van der Waals surface area contributed by atoms with Crippen molar-refractivity contribution in [1.29, 1.82) is 0 Å². The number of ether oxygens (including phenoxy) is 1. The zero-order valence-electron chi connectivity index (χ0n) is 13.0. The number of anilines is 1. The second-order valence-corrected chi connectivity index (χ2v) is 5.96. The van der Waals surface area contributed by atoms with Crippen LogP contribution in [0.1, 0.15) is 23.2 Å². The Bertz CT molecular complexity index is 795. The summed E-state index contributed by atoms with van der Waals surface area (Å²) in [5.41, 5.74) is 0.0142. The predicted octanol–water partition coefficient (Wildman–Crippen LogP) is 4.19. The summed E-state index contributed by atoms with van der Waals surface area (Å²) in [7, 11) is 0. The molecular weight excluding hydrogens is 369 g/mol. The molecule has 0 aliphatic rings. The van der Waals surface area contributed by atoms with E-state index in [1.807, 2.05) is 0 Å². The third-order valence-electron chi connectivity index (χ3n) is 3.21. The van der Waals surface area contributed by atoms with Crippen LogP contribution in [0.3, 0.4) is 0 Å². The topological polar surface area (TPSA) is 95.9 Å². The molecule has 2 rings (SSSR count). The fourth-order valence-electron chi connectivity index (χ4n) is 2.02. The van der Waals surface area contributed by atoms with E-state index in [-0.39, 0.29) is 30.2 Å². The van der Waals surface area contributed by atoms with Gasteiger partial charge in [0.25, 0.3) is 0 Å². The maximum absolute atomic E-state index is 11.9. The third kappa shape index (κ3) is 5.55. The fourth-order valence-corrected chi connectivity index (χ4v) is 2.48. The van der Waals surface area contributed by atoms with Crippen molar-refractivity contribution in [2.45, 2.75) is 12.8 Å². The Morgan fingerprint density at radius 2 is 1.88 bits per heavy atom. The van der Waals surface area contributed by atoms with Gasteiger partial charge in [-0.25, -0.2) is 4.79 Å². The van der Waals surface area contributed by atoms with E-state index in [9.17, 15) is 14.7 Å². The number of aromatic carboxylic acids is 1. The van der Waals surface area contributed by atoms with Gasteiger partial charge in [-0.2, -0.15) is 0 Å². The highest BCUT2D eigenvalue weighted by Gasteiger charge is 2.11. The number of halogens is 2. The number of hydrogen-bond acceptors (Lipinski definition) is 4. The average Bonchev–Trinajstić information content (AvgIpc) is 2.54. The zero-order valence-corrected chi connectivity index (χ0v) is 14.5. The van der Waals surface area contributed by atoms with Crippen molar-refractivity contribution in [1.82, 2.24) is 0 Å². The van der Waals surface area contributed by atoms with Crippen molar-refractivity contribution < 1.29 is 24.5 Å². The first-order valence-electron chi connectivity index (χ1n) is 7.31. The van der Waals surface area contributed by atoms with Crippen LogP contribution < -0.4 is 10.1 Å². The molecule has 0 atom stereocenters. The average molecular weight is 384 g/mol. The number of phenols is 1. The number of carbonyl (C=O) groups is 2. The van der Waals surface area contributed by atoms with Gasteiger partial charge < -0.3 is 20.3 Å². The monoisotopic (exact) mass is 383 g/mol. The summed E-state index contributed by atoms with van der Waals surface area (Å²) in [4.78, 5) is 22.8. The number of amides is 1. The van der Waals surface area contributed by atoms with Crippen molar-refractivity contribution in [3.8, 4) is 11.5 Å². The first-order valence-corrected chi connectivity index (χ1v) is 8.06. The number of carboxylic acids is 1. The van der Waals surface area contributed by atoms with Gasteiger partial charge in [0.15, 0.2) is 0 Å². The van der Waals surface area contributed by atoms with E-state index < -0.39 is 5.97 Å². The van der Waals surface area contributed by atoms with Crippen molar-refractivity contribution in [2.24, 2.45) is 0 Å². The molecule has 0 fully saturated rings. The number of rotatable bonds is 7. The maximum atomic E-state index is 11.9. The molecule has 0 saturated carbocycles. The lowest BCUT2D eigenvalue weighted by molar-refractivity contribution is -0.116. The van der Waals surface area contributed by atoms with Gasteiger partial charge in [-0.15, -0.1) is 0 Å². The van der Waals surface area contributed by atoms with Gasteiger partial charge in [0.1, 0.15) is 17.1 Å². The molecule has 0 spiro atoms. The van der Waals surface area contributed by atoms with Crippen LogP contribution in [0.5, 0.6) is 11.5 Å². The fraction of sp³-hybridized carbons (Fsp3) is 0.176. The Hall–Kier alpha value is -2.44. The summed E-state index contributed by atoms with van der Waals surface area (Å²) in [6.45, 7) is 0.282. The molecule has 8 heteroatoms. The standard InChI is InChI=1S/C17H15Cl2NO5/c18-10-3-6-15(13(19)8-10)25-7-1-2-16(22)20-11-4-5-14(21)12(9-11)17(23)24/h3-6,8-9,21H,1-2,7H2,(H,20,22)(H,23,24). The number of aromatic hydroxyl groups is 1. The Kier molecular flexibility index (Phi) is 6.50. The highest BCUT2D eigenvalue weighted by molar-refractivity contribution is 6.35. The lowest BCUT2D eigenvalue weighted by Gasteiger charge is -2.09. The quantitative estimate of drug-likeness (QED) is 0.491. The number of nitrogens with one attached hydrogen (secondary N) is 1. The molecule has 1 amide bonds. The van der Waals surface area contributed by atoms with E-state index >= 15 is 0 Å². The minimum absolute atomic E-state index is 0.175. The van der Waals surface area contributed by atoms with Crippen LogP contribution in [0.2, 0.25) is 10.0 Å². The molecule has 6 nitrogen and oxygen atoms in total. The molecular formula is C17H15Cl2NO5. The summed E-state index contributed by atoms with van der Waals surface area (Å²) in [6, 6.07) is 8.69. The van der Waals surface area contributed by atoms with E-state index in [2.05, 4.69) is 5.32 Å². The summed E-state index contributed by atoms with van der Waals surface area (Å²) in [5.74, 6) is -1.45. The Morgan fingerprint density at radius 3 is 2.56 bits per heavy atom. The SMILES string of the molecule is O=C(CCCOc1ccc(Cl)cc1Cl)Nc1ccc(O)c(C(=O)O)c1. The van der Waals surface area contributed by atoms with Crippen LogP contribution in [-0.4, -0.2) is 28.7 Å². The minimum atomic E-state index is -1.28. The summed E-state index contributed by atoms with van der Waals surface area (Å²) in [5, 5.41) is 21.8. The zero-order chi connectivity index (χ0) is 18.4. The normalized spacial score (nSPS) is 10.3. The van der Waals surface area contributed by atoms with Gasteiger partial charge >= 0.3 is 5.97 Å². The van der Waals surface area contributed by atoms with Crippen LogP contribution in [-0.2, 0) is 4.79 Å². The number of hydrogen-bond donors (Lipinski definition) is 3. The smallest absolute Gasteiger partial charge is 0.339 e. The number of carbonyl (C=O) groups excluding carboxylic acids is 1. The van der Waals surface area contributed by atoms with Crippen LogP contribution in [0.4, 0.5) is 5.69 Å². The van der Waals surface area contributed by atoms with Crippen LogP contribution >= 0.6 is 23.2 Å². The highest BCUT2D eigenvalue weighted by Crippen LogP contribution is 2.27. The molecule has 2 aromatic carbocycles. The minimum Gasteiger partial charge on any atom is -0.507 e. The Labute approximate surface area is 153 Å². The van der Waals surface area contributed by atoms with Crippen LogP contribution in [0, 0.1) is 0 Å². The molecule has 0 aliphatic heterocycles. The number of carboxylic acid groups (broad SMARTS) is 1. The summed E-state index contributed by atoms with van der Waals surface area (Å²) in [6.07, 6.45) is 0.614. The van der Waals surface area contributed by atoms with E-state index in [0.717, 1.165) is 0 Å². The molecule has 0 unspecified atom stereocenters. The second kappa shape index (κ2) is 8.60. The van der Waals surface area contributed by atoms with Gasteiger partial charge in [0.2, 0.25) is 5.91 Å². The van der Waals surface area contributed by atoms with E-state index in [4.69, 9.17) is 33.0 Å². The van der Waals surface area contributed by atoms with Gasteiger partial charge in [-0.1, -0.05) is 23.2 Å². The van der Waals surface area contributed by atoms with Gasteiger partial charge in [-0.05, 0) is 42.8 Å². The lowest BCUT2D eigenvalue weighted by Crippen LogP contribution is -2.13. The molecule has 132 valence electrons. The van der Waals surface area contributed by atoms with Crippen molar-refractivity contribution in [2.75, 3.05) is 11.9 Å². The predicted molar refractivity (Wildman–Crippen MR) is 94.9 cm³/mol. The van der Waals surface area contributed by atoms with Crippen LogP contribution in [0.15, 0.2) is 36.4 Å². The molecule has 0 heterocycles. The molecule has 0 aromatic heterocycles. The molecule has 2 aromatic rings. The summed E-state index contributed by atoms with van der Waals surface area (Å²) < 4.78 is 5.48.